The first-order valence-corrected chi connectivity index (χ1v) is 8.54. The number of benzene rings is 1. The van der Waals surface area contributed by atoms with Crippen molar-refractivity contribution in [3.8, 4) is 0 Å². The van der Waals surface area contributed by atoms with Crippen LogP contribution in [-0.4, -0.2) is 35.1 Å². The minimum absolute atomic E-state index is 0.0386. The maximum Gasteiger partial charge on any atom is 0.285 e. The molecule has 0 saturated carbocycles. The Morgan fingerprint density at radius 1 is 1.26 bits per heavy atom. The highest BCUT2D eigenvalue weighted by atomic mass is 32.2. The number of thioether (sulfide) groups is 1. The van der Waals surface area contributed by atoms with E-state index in [4.69, 9.17) is 0 Å². The van der Waals surface area contributed by atoms with Crippen LogP contribution in [0.3, 0.4) is 0 Å². The highest BCUT2D eigenvalue weighted by Gasteiger charge is 2.06. The standard InChI is InChI=1S/C16H17N3O2S2/c1-11-17-13(10-22-11)6-9-15(20)18-12-4-7-14(8-5-12)23-16(21)19(2)3/h4-10H,1-3H3,(H,18,20)/b9-6-. The smallest absolute Gasteiger partial charge is 0.285 e. The van der Waals surface area contributed by atoms with Gasteiger partial charge in [0, 0.05) is 36.1 Å². The molecule has 0 bridgehead atoms. The Hall–Kier alpha value is -2.12. The maximum absolute atomic E-state index is 11.9. The molecule has 1 heterocycles. The predicted octanol–water partition coefficient (Wildman–Crippen LogP) is 3.88. The molecular weight excluding hydrogens is 330 g/mol. The van der Waals surface area contributed by atoms with Gasteiger partial charge in [0.15, 0.2) is 0 Å². The van der Waals surface area contributed by atoms with Gasteiger partial charge in [0.1, 0.15) is 0 Å². The summed E-state index contributed by atoms with van der Waals surface area (Å²) in [6.07, 6.45) is 3.13. The van der Waals surface area contributed by atoms with Gasteiger partial charge in [0.25, 0.3) is 5.24 Å². The molecule has 2 rings (SSSR count). The number of aromatic nitrogens is 1. The van der Waals surface area contributed by atoms with Gasteiger partial charge in [0.05, 0.1) is 10.7 Å². The summed E-state index contributed by atoms with van der Waals surface area (Å²) in [5, 5.41) is 5.59. The van der Waals surface area contributed by atoms with Crippen molar-refractivity contribution >= 4 is 46.0 Å². The number of nitrogens with one attached hydrogen (secondary N) is 1. The zero-order valence-electron chi connectivity index (χ0n) is 13.1. The fourth-order valence-corrected chi connectivity index (χ4v) is 2.84. The van der Waals surface area contributed by atoms with Gasteiger partial charge in [-0.3, -0.25) is 9.59 Å². The lowest BCUT2D eigenvalue weighted by Crippen LogP contribution is -2.16. The van der Waals surface area contributed by atoms with Crippen LogP contribution in [0.1, 0.15) is 10.7 Å². The Morgan fingerprint density at radius 2 is 1.96 bits per heavy atom. The van der Waals surface area contributed by atoms with Gasteiger partial charge in [-0.05, 0) is 49.0 Å². The van der Waals surface area contributed by atoms with Crippen LogP contribution >= 0.6 is 23.1 Å². The molecule has 120 valence electrons. The van der Waals surface area contributed by atoms with Gasteiger partial charge in [-0.25, -0.2) is 4.98 Å². The summed E-state index contributed by atoms with van der Waals surface area (Å²) in [5.74, 6) is -0.222. The molecule has 23 heavy (non-hydrogen) atoms. The van der Waals surface area contributed by atoms with E-state index in [1.807, 2.05) is 12.3 Å². The molecule has 2 amide bonds. The van der Waals surface area contributed by atoms with Crippen LogP contribution in [0.4, 0.5) is 10.5 Å². The van der Waals surface area contributed by atoms with E-state index in [0.29, 0.717) is 5.69 Å². The van der Waals surface area contributed by atoms with Gasteiger partial charge in [-0.15, -0.1) is 11.3 Å². The van der Waals surface area contributed by atoms with E-state index in [1.165, 1.54) is 11.0 Å². The first-order chi connectivity index (χ1) is 10.9. The summed E-state index contributed by atoms with van der Waals surface area (Å²) < 4.78 is 0. The van der Waals surface area contributed by atoms with E-state index in [9.17, 15) is 9.59 Å². The van der Waals surface area contributed by atoms with Crippen LogP contribution in [0.2, 0.25) is 0 Å². The van der Waals surface area contributed by atoms with Crippen molar-refractivity contribution in [3.05, 3.63) is 46.4 Å². The van der Waals surface area contributed by atoms with Crippen LogP contribution in [0, 0.1) is 6.92 Å². The quantitative estimate of drug-likeness (QED) is 0.673. The molecular formula is C16H17N3O2S2. The summed E-state index contributed by atoms with van der Waals surface area (Å²) in [6, 6.07) is 7.14. The molecule has 7 heteroatoms. The van der Waals surface area contributed by atoms with Gasteiger partial charge in [0.2, 0.25) is 5.91 Å². The van der Waals surface area contributed by atoms with Crippen molar-refractivity contribution in [3.63, 3.8) is 0 Å². The van der Waals surface area contributed by atoms with E-state index >= 15 is 0 Å². The minimum Gasteiger partial charge on any atom is -0.339 e. The molecule has 1 aromatic carbocycles. The van der Waals surface area contributed by atoms with Gasteiger partial charge in [-0.2, -0.15) is 0 Å². The monoisotopic (exact) mass is 347 g/mol. The number of amides is 2. The van der Waals surface area contributed by atoms with Crippen molar-refractivity contribution in [1.82, 2.24) is 9.88 Å². The Bertz CT molecular complexity index is 721. The summed E-state index contributed by atoms with van der Waals surface area (Å²) >= 11 is 2.68. The predicted molar refractivity (Wildman–Crippen MR) is 95.9 cm³/mol. The van der Waals surface area contributed by atoms with Crippen molar-refractivity contribution in [1.29, 1.82) is 0 Å². The van der Waals surface area contributed by atoms with Gasteiger partial charge >= 0.3 is 0 Å². The lowest BCUT2D eigenvalue weighted by Gasteiger charge is -2.09. The topological polar surface area (TPSA) is 62.3 Å². The Morgan fingerprint density at radius 3 is 2.52 bits per heavy atom. The molecule has 0 fully saturated rings. The fraction of sp³-hybridized carbons (Fsp3) is 0.188. The number of hydrogen-bond donors (Lipinski definition) is 1. The average molecular weight is 347 g/mol. The zero-order chi connectivity index (χ0) is 16.8. The lowest BCUT2D eigenvalue weighted by molar-refractivity contribution is -0.111. The van der Waals surface area contributed by atoms with Crippen LogP contribution in [0.15, 0.2) is 40.6 Å². The molecule has 0 aliphatic rings. The second kappa shape index (κ2) is 7.94. The van der Waals surface area contributed by atoms with Crippen molar-refractivity contribution < 1.29 is 9.59 Å². The Kier molecular flexibility index (Phi) is 5.95. The third-order valence-corrected chi connectivity index (χ3v) is 4.57. The van der Waals surface area contributed by atoms with E-state index in [2.05, 4.69) is 10.3 Å². The molecule has 0 unspecified atom stereocenters. The van der Waals surface area contributed by atoms with Gasteiger partial charge in [-0.1, -0.05) is 0 Å². The van der Waals surface area contributed by atoms with Crippen LogP contribution in [0.5, 0.6) is 0 Å². The molecule has 0 atom stereocenters. The zero-order valence-corrected chi connectivity index (χ0v) is 14.7. The van der Waals surface area contributed by atoms with E-state index < -0.39 is 0 Å². The minimum atomic E-state index is -0.222. The van der Waals surface area contributed by atoms with Crippen molar-refractivity contribution in [2.45, 2.75) is 11.8 Å². The number of aryl methyl sites for hydroxylation is 1. The number of nitrogens with zero attached hydrogens (tertiary/aromatic N) is 2. The Balaban J connectivity index is 1.91. The third kappa shape index (κ3) is 5.54. The third-order valence-electron chi connectivity index (χ3n) is 2.73. The maximum atomic E-state index is 11.9. The number of rotatable bonds is 4. The molecule has 1 N–H and O–H groups in total. The highest BCUT2D eigenvalue weighted by Crippen LogP contribution is 2.22. The van der Waals surface area contributed by atoms with E-state index in [0.717, 1.165) is 27.4 Å². The summed E-state index contributed by atoms with van der Waals surface area (Å²) in [5.41, 5.74) is 1.45. The van der Waals surface area contributed by atoms with Crippen molar-refractivity contribution in [2.24, 2.45) is 0 Å². The molecule has 0 radical (unpaired) electrons. The number of anilines is 1. The van der Waals surface area contributed by atoms with E-state index in [-0.39, 0.29) is 11.1 Å². The van der Waals surface area contributed by atoms with Crippen LogP contribution in [0.25, 0.3) is 6.08 Å². The summed E-state index contributed by atoms with van der Waals surface area (Å²) in [7, 11) is 3.42. The SMILES string of the molecule is Cc1nc(/C=C\C(=O)Nc2ccc(SC(=O)N(C)C)cc2)cs1. The summed E-state index contributed by atoms with van der Waals surface area (Å²) in [6.45, 7) is 1.92. The molecule has 2 aromatic rings. The number of thiazole rings is 1. The fourth-order valence-electron chi connectivity index (χ4n) is 1.60. The molecule has 5 nitrogen and oxygen atoms in total. The number of carbonyl (C=O) groups is 2. The highest BCUT2D eigenvalue weighted by molar-refractivity contribution is 8.13. The molecule has 0 aliphatic carbocycles. The largest absolute Gasteiger partial charge is 0.339 e. The average Bonchev–Trinajstić information content (AvgIpc) is 2.92. The second-order valence-corrected chi connectivity index (χ2v) is 6.99. The molecule has 0 spiro atoms. The molecule has 0 aliphatic heterocycles. The number of hydrogen-bond acceptors (Lipinski definition) is 5. The normalized spacial score (nSPS) is 10.7. The van der Waals surface area contributed by atoms with Crippen molar-refractivity contribution in [2.75, 3.05) is 19.4 Å². The Labute approximate surface area is 143 Å². The first kappa shape index (κ1) is 17.2. The van der Waals surface area contributed by atoms with Gasteiger partial charge < -0.3 is 10.2 Å². The van der Waals surface area contributed by atoms with Crippen LogP contribution < -0.4 is 5.32 Å². The summed E-state index contributed by atoms with van der Waals surface area (Å²) in [4.78, 5) is 30.1. The van der Waals surface area contributed by atoms with E-state index in [1.54, 1.807) is 55.8 Å². The van der Waals surface area contributed by atoms with Crippen LogP contribution in [-0.2, 0) is 4.79 Å². The first-order valence-electron chi connectivity index (χ1n) is 6.84. The number of carbonyl (C=O) groups excluding carboxylic acids is 2. The second-order valence-electron chi connectivity index (χ2n) is 4.90. The lowest BCUT2D eigenvalue weighted by atomic mass is 10.3. The molecule has 1 aromatic heterocycles. The molecule has 0 saturated heterocycles.